The fourth-order valence-corrected chi connectivity index (χ4v) is 2.50. The molecule has 0 saturated carbocycles. The van der Waals surface area contributed by atoms with Crippen molar-refractivity contribution in [2.45, 2.75) is 23.7 Å². The number of H-pyrrole nitrogens is 1. The fourth-order valence-electron chi connectivity index (χ4n) is 1.30. The Balaban J connectivity index is 2.34. The molecular formula is C9H10ClN5OS. The predicted octanol–water partition coefficient (Wildman–Crippen LogP) is 1.37. The minimum atomic E-state index is -0.245. The summed E-state index contributed by atoms with van der Waals surface area (Å²) in [6.45, 7) is 2.40. The van der Waals surface area contributed by atoms with Crippen molar-refractivity contribution < 1.29 is 0 Å². The van der Waals surface area contributed by atoms with Gasteiger partial charge in [-0.25, -0.2) is 14.9 Å². The normalized spacial score (nSPS) is 10.7. The monoisotopic (exact) mass is 271 g/mol. The minimum Gasteiger partial charge on any atom is -0.399 e. The molecule has 0 spiro atoms. The van der Waals surface area contributed by atoms with Gasteiger partial charge in [-0.05, 0) is 30.8 Å². The second kappa shape index (κ2) is 4.80. The van der Waals surface area contributed by atoms with E-state index in [9.17, 15) is 4.79 Å². The van der Waals surface area contributed by atoms with Crippen LogP contribution in [0.1, 0.15) is 6.92 Å². The Morgan fingerprint density at radius 2 is 2.35 bits per heavy atom. The van der Waals surface area contributed by atoms with Crippen LogP contribution in [0.5, 0.6) is 0 Å². The van der Waals surface area contributed by atoms with Crippen molar-refractivity contribution in [2.75, 3.05) is 5.73 Å². The van der Waals surface area contributed by atoms with Crippen LogP contribution < -0.4 is 11.4 Å². The van der Waals surface area contributed by atoms with Crippen LogP contribution in [0.2, 0.25) is 5.15 Å². The fraction of sp³-hybridized carbons (Fsp3) is 0.222. The van der Waals surface area contributed by atoms with E-state index in [0.717, 1.165) is 0 Å². The Morgan fingerprint density at radius 3 is 3.00 bits per heavy atom. The number of nitrogen functional groups attached to an aromatic ring is 1. The zero-order chi connectivity index (χ0) is 12.4. The number of aromatic nitrogens is 4. The summed E-state index contributed by atoms with van der Waals surface area (Å²) in [6.07, 6.45) is 0. The van der Waals surface area contributed by atoms with Gasteiger partial charge in [-0.1, -0.05) is 11.6 Å². The number of nitrogens with two attached hydrogens (primary N) is 1. The summed E-state index contributed by atoms with van der Waals surface area (Å²) < 4.78 is 1.50. The van der Waals surface area contributed by atoms with Crippen molar-refractivity contribution in [1.82, 2.24) is 19.7 Å². The number of pyridine rings is 1. The highest BCUT2D eigenvalue weighted by atomic mass is 35.5. The van der Waals surface area contributed by atoms with Gasteiger partial charge in [0.05, 0.1) is 0 Å². The molecule has 3 N–H and O–H groups in total. The zero-order valence-corrected chi connectivity index (χ0v) is 10.5. The van der Waals surface area contributed by atoms with E-state index >= 15 is 0 Å². The van der Waals surface area contributed by atoms with E-state index in [-0.39, 0.29) is 5.69 Å². The predicted molar refractivity (Wildman–Crippen MR) is 66.3 cm³/mol. The van der Waals surface area contributed by atoms with Gasteiger partial charge in [0.25, 0.3) is 0 Å². The molecule has 6 nitrogen and oxygen atoms in total. The Hall–Kier alpha value is -1.47. The molecule has 0 aliphatic heterocycles. The number of aromatic amines is 1. The van der Waals surface area contributed by atoms with E-state index in [1.807, 2.05) is 6.92 Å². The highest BCUT2D eigenvalue weighted by Gasteiger charge is 2.10. The lowest BCUT2D eigenvalue weighted by Crippen LogP contribution is -2.16. The Kier molecular flexibility index (Phi) is 3.39. The summed E-state index contributed by atoms with van der Waals surface area (Å²) in [4.78, 5) is 15.4. The number of rotatable bonds is 3. The summed E-state index contributed by atoms with van der Waals surface area (Å²) in [7, 11) is 0. The quantitative estimate of drug-likeness (QED) is 0.823. The molecule has 0 saturated heterocycles. The number of nitrogens with zero attached hydrogens (tertiary/aromatic N) is 3. The van der Waals surface area contributed by atoms with Crippen molar-refractivity contribution in [3.63, 3.8) is 0 Å². The molecule has 90 valence electrons. The number of nitrogens with one attached hydrogen (secondary N) is 1. The van der Waals surface area contributed by atoms with Crippen LogP contribution in [0, 0.1) is 0 Å². The van der Waals surface area contributed by atoms with Crippen LogP contribution in [0.25, 0.3) is 0 Å². The molecule has 2 aromatic rings. The largest absolute Gasteiger partial charge is 0.399 e. The summed E-state index contributed by atoms with van der Waals surface area (Å²) in [5.41, 5.74) is 5.93. The van der Waals surface area contributed by atoms with Crippen LogP contribution in [-0.2, 0) is 6.54 Å². The molecule has 0 unspecified atom stereocenters. The molecule has 0 aromatic carbocycles. The first kappa shape index (κ1) is 12.0. The maximum absolute atomic E-state index is 11.4. The highest BCUT2D eigenvalue weighted by molar-refractivity contribution is 7.99. The molecule has 0 atom stereocenters. The minimum absolute atomic E-state index is 0.245. The molecule has 0 fully saturated rings. The summed E-state index contributed by atoms with van der Waals surface area (Å²) in [5, 5.41) is 7.74. The Labute approximate surface area is 106 Å². The lowest BCUT2D eigenvalue weighted by atomic mass is 10.4. The van der Waals surface area contributed by atoms with Crippen molar-refractivity contribution in [3.05, 3.63) is 27.8 Å². The van der Waals surface area contributed by atoms with Crippen molar-refractivity contribution >= 4 is 29.1 Å². The maximum Gasteiger partial charge on any atom is 0.343 e. The summed E-state index contributed by atoms with van der Waals surface area (Å²) in [5.74, 6) is 0. The molecule has 0 amide bonds. The third kappa shape index (κ3) is 2.62. The maximum atomic E-state index is 11.4. The zero-order valence-electron chi connectivity index (χ0n) is 8.98. The van der Waals surface area contributed by atoms with Crippen molar-refractivity contribution in [3.8, 4) is 0 Å². The average molecular weight is 272 g/mol. The van der Waals surface area contributed by atoms with Gasteiger partial charge in [0.1, 0.15) is 10.2 Å². The molecule has 17 heavy (non-hydrogen) atoms. The molecular weight excluding hydrogens is 262 g/mol. The standard InChI is InChI=1S/C9H10ClN5OS/c1-2-15-8(16)13-14-9(15)17-7-4-5(11)3-6(10)12-7/h3-4H,2H2,1H3,(H2,11,12)(H,13,16). The first-order chi connectivity index (χ1) is 8.10. The smallest absolute Gasteiger partial charge is 0.343 e. The Morgan fingerprint density at radius 1 is 1.59 bits per heavy atom. The molecule has 2 aromatic heterocycles. The van der Waals surface area contributed by atoms with Crippen molar-refractivity contribution in [2.24, 2.45) is 0 Å². The first-order valence-corrected chi connectivity index (χ1v) is 6.05. The summed E-state index contributed by atoms with van der Waals surface area (Å²) >= 11 is 7.03. The molecule has 0 aliphatic rings. The molecule has 2 heterocycles. The van der Waals surface area contributed by atoms with Gasteiger partial charge >= 0.3 is 5.69 Å². The van der Waals surface area contributed by atoms with Gasteiger partial charge in [0.2, 0.25) is 0 Å². The van der Waals surface area contributed by atoms with E-state index in [0.29, 0.717) is 27.6 Å². The van der Waals surface area contributed by atoms with Crippen LogP contribution in [0.4, 0.5) is 5.69 Å². The second-order valence-corrected chi connectivity index (χ2v) is 4.59. The summed E-state index contributed by atoms with van der Waals surface area (Å²) in [6, 6.07) is 3.23. The van der Waals surface area contributed by atoms with Crippen LogP contribution in [0.15, 0.2) is 27.1 Å². The third-order valence-electron chi connectivity index (χ3n) is 2.03. The van der Waals surface area contributed by atoms with E-state index < -0.39 is 0 Å². The van der Waals surface area contributed by atoms with Gasteiger partial charge in [0.15, 0.2) is 5.16 Å². The Bertz CT molecular complexity index is 573. The number of halogens is 1. The van der Waals surface area contributed by atoms with Crippen LogP contribution in [-0.4, -0.2) is 19.7 Å². The van der Waals surface area contributed by atoms with Gasteiger partial charge in [-0.3, -0.25) is 4.57 Å². The first-order valence-electron chi connectivity index (χ1n) is 4.86. The third-order valence-corrected chi connectivity index (χ3v) is 3.13. The SMILES string of the molecule is CCn1c(Sc2cc(N)cc(Cl)n2)n[nH]c1=O. The topological polar surface area (TPSA) is 89.6 Å². The molecule has 0 radical (unpaired) electrons. The lowest BCUT2D eigenvalue weighted by Gasteiger charge is -2.03. The van der Waals surface area contributed by atoms with Gasteiger partial charge in [0, 0.05) is 12.2 Å². The van der Waals surface area contributed by atoms with E-state index in [4.69, 9.17) is 17.3 Å². The van der Waals surface area contributed by atoms with Crippen molar-refractivity contribution in [1.29, 1.82) is 0 Å². The molecule has 2 rings (SSSR count). The number of hydrogen-bond donors (Lipinski definition) is 2. The van der Waals surface area contributed by atoms with Crippen LogP contribution in [0.3, 0.4) is 0 Å². The van der Waals surface area contributed by atoms with Gasteiger partial charge < -0.3 is 5.73 Å². The molecule has 8 heteroatoms. The van der Waals surface area contributed by atoms with Gasteiger partial charge in [-0.15, -0.1) is 5.10 Å². The average Bonchev–Trinajstić information content (AvgIpc) is 2.57. The van der Waals surface area contributed by atoms with Gasteiger partial charge in [-0.2, -0.15) is 0 Å². The second-order valence-electron chi connectivity index (χ2n) is 3.22. The van der Waals surface area contributed by atoms with E-state index in [1.165, 1.54) is 16.3 Å². The number of anilines is 1. The molecule has 0 aliphatic carbocycles. The highest BCUT2D eigenvalue weighted by Crippen LogP contribution is 2.26. The molecule has 0 bridgehead atoms. The van der Waals surface area contributed by atoms with E-state index in [1.54, 1.807) is 12.1 Å². The van der Waals surface area contributed by atoms with Crippen LogP contribution >= 0.6 is 23.4 Å². The lowest BCUT2D eigenvalue weighted by molar-refractivity contribution is 0.660. The number of hydrogen-bond acceptors (Lipinski definition) is 5. The van der Waals surface area contributed by atoms with E-state index in [2.05, 4.69) is 15.2 Å².